The number of carbonyl (C=O) groups is 2. The zero-order valence-corrected chi connectivity index (χ0v) is 22.1. The third-order valence-corrected chi connectivity index (χ3v) is 7.59. The molecule has 0 spiro atoms. The number of pyridine rings is 1. The molecule has 2 aromatic carbocycles. The second-order valence-corrected chi connectivity index (χ2v) is 10.1. The third kappa shape index (κ3) is 4.73. The Morgan fingerprint density at radius 1 is 0.881 bits per heavy atom. The summed E-state index contributed by atoms with van der Waals surface area (Å²) in [6.45, 7) is 0. The fourth-order valence-electron chi connectivity index (χ4n) is 4.61. The molecule has 0 aliphatic heterocycles. The summed E-state index contributed by atoms with van der Waals surface area (Å²) in [5, 5.41) is 6.83. The number of nitrogens with one attached hydrogen (secondary N) is 1. The molecule has 0 aliphatic rings. The molecule has 0 aliphatic carbocycles. The van der Waals surface area contributed by atoms with Crippen LogP contribution in [0.3, 0.4) is 0 Å². The summed E-state index contributed by atoms with van der Waals surface area (Å²) in [6.07, 6.45) is -4.75. The van der Waals surface area contributed by atoms with E-state index < -0.39 is 36.1 Å². The van der Waals surface area contributed by atoms with Gasteiger partial charge >= 0.3 is 0 Å². The maximum absolute atomic E-state index is 14.0. The number of aromatic nitrogens is 4. The Kier molecular flexibility index (Phi) is 6.86. The minimum absolute atomic E-state index is 0.0488. The molecule has 4 heterocycles. The predicted molar refractivity (Wildman–Crippen MR) is 150 cm³/mol. The zero-order chi connectivity index (χ0) is 29.5. The van der Waals surface area contributed by atoms with Crippen LogP contribution in [0.15, 0.2) is 79.0 Å². The molecule has 2 amide bonds. The number of nitrogens with zero attached hydrogens (tertiary/aromatic N) is 4. The summed E-state index contributed by atoms with van der Waals surface area (Å²) >= 11 is 0.752. The van der Waals surface area contributed by atoms with Crippen LogP contribution >= 0.6 is 11.3 Å². The minimum Gasteiger partial charge on any atom is -0.365 e. The van der Waals surface area contributed by atoms with Crippen LogP contribution in [-0.4, -0.2) is 31.4 Å². The number of fused-ring (bicyclic) bond motifs is 2. The highest BCUT2D eigenvalue weighted by molar-refractivity contribution is 7.21. The quantitative estimate of drug-likeness (QED) is 0.196. The van der Waals surface area contributed by atoms with Gasteiger partial charge in [-0.3, -0.25) is 9.59 Å². The number of thiophene rings is 1. The Balaban J connectivity index is 1.53. The lowest BCUT2D eigenvalue weighted by Crippen LogP contribution is -2.17. The van der Waals surface area contributed by atoms with Crippen molar-refractivity contribution in [1.82, 2.24) is 19.6 Å². The fourth-order valence-corrected chi connectivity index (χ4v) is 5.62. The Morgan fingerprint density at radius 2 is 1.55 bits per heavy atom. The summed E-state index contributed by atoms with van der Waals surface area (Å²) < 4.78 is 56.4. The average molecular weight is 591 g/mol. The topological polar surface area (TPSA) is 115 Å². The van der Waals surface area contributed by atoms with Crippen molar-refractivity contribution < 1.29 is 27.2 Å². The van der Waals surface area contributed by atoms with E-state index in [1.165, 1.54) is 12.1 Å². The number of carbonyl (C=O) groups excluding carboxylic acids is 2. The number of benzene rings is 2. The van der Waals surface area contributed by atoms with Gasteiger partial charge < -0.3 is 11.1 Å². The number of anilines is 1. The number of amides is 2. The van der Waals surface area contributed by atoms with Crippen LogP contribution in [0.25, 0.3) is 38.2 Å². The monoisotopic (exact) mass is 590 g/mol. The first-order valence-corrected chi connectivity index (χ1v) is 13.2. The van der Waals surface area contributed by atoms with Crippen LogP contribution in [-0.2, 0) is 0 Å². The van der Waals surface area contributed by atoms with Crippen molar-refractivity contribution in [3.05, 3.63) is 101 Å². The van der Waals surface area contributed by atoms with Crippen molar-refractivity contribution in [2.24, 2.45) is 5.73 Å². The van der Waals surface area contributed by atoms with Crippen molar-refractivity contribution in [1.29, 1.82) is 0 Å². The normalized spacial score (nSPS) is 11.6. The smallest absolute Gasteiger partial charge is 0.280 e. The number of hydrogen-bond donors (Lipinski definition) is 2. The van der Waals surface area contributed by atoms with Crippen LogP contribution in [0.5, 0.6) is 0 Å². The van der Waals surface area contributed by atoms with Crippen molar-refractivity contribution in [3.8, 4) is 22.4 Å². The number of halogens is 4. The number of nitrogens with two attached hydrogens (primary N) is 1. The molecule has 0 atom stereocenters. The zero-order valence-electron chi connectivity index (χ0n) is 21.3. The van der Waals surface area contributed by atoms with E-state index in [1.807, 2.05) is 0 Å². The lowest BCUT2D eigenvalue weighted by molar-refractivity contribution is 0.100. The van der Waals surface area contributed by atoms with Gasteiger partial charge in [-0.05, 0) is 23.3 Å². The predicted octanol–water partition coefficient (Wildman–Crippen LogP) is 6.90. The molecule has 6 rings (SSSR count). The Labute approximate surface area is 238 Å². The van der Waals surface area contributed by atoms with E-state index in [0.29, 0.717) is 16.7 Å². The van der Waals surface area contributed by atoms with Crippen molar-refractivity contribution >= 4 is 44.7 Å². The van der Waals surface area contributed by atoms with E-state index in [9.17, 15) is 27.2 Å². The van der Waals surface area contributed by atoms with Crippen LogP contribution in [0.4, 0.5) is 23.2 Å². The van der Waals surface area contributed by atoms with Crippen LogP contribution in [0.2, 0.25) is 0 Å². The van der Waals surface area contributed by atoms with E-state index in [-0.39, 0.29) is 37.7 Å². The van der Waals surface area contributed by atoms with Gasteiger partial charge in [0.05, 0.1) is 17.6 Å². The molecule has 0 bridgehead atoms. The van der Waals surface area contributed by atoms with E-state index in [0.717, 1.165) is 22.0 Å². The molecule has 0 unspecified atom stereocenters. The number of primary amides is 1. The van der Waals surface area contributed by atoms with Gasteiger partial charge in [0.25, 0.3) is 24.7 Å². The van der Waals surface area contributed by atoms with E-state index >= 15 is 0 Å². The molecular formula is C29H18F4N6O2S. The molecule has 0 fully saturated rings. The highest BCUT2D eigenvalue weighted by Crippen LogP contribution is 2.42. The Bertz CT molecular complexity index is 1980. The molecule has 3 N–H and O–H groups in total. The largest absolute Gasteiger partial charge is 0.365 e. The second-order valence-electron chi connectivity index (χ2n) is 9.09. The van der Waals surface area contributed by atoms with Crippen LogP contribution < -0.4 is 11.1 Å². The molecule has 4 aromatic heterocycles. The van der Waals surface area contributed by atoms with Crippen LogP contribution in [0.1, 0.15) is 44.3 Å². The van der Waals surface area contributed by atoms with Gasteiger partial charge in [0, 0.05) is 10.9 Å². The average Bonchev–Trinajstić information content (AvgIpc) is 3.59. The number of hydrogen-bond acceptors (Lipinski definition) is 6. The van der Waals surface area contributed by atoms with Gasteiger partial charge in [-0.1, -0.05) is 60.7 Å². The Hall–Kier alpha value is -5.17. The number of rotatable bonds is 7. The van der Waals surface area contributed by atoms with E-state index in [1.54, 1.807) is 60.7 Å². The lowest BCUT2D eigenvalue weighted by atomic mass is 10.0. The van der Waals surface area contributed by atoms with Crippen molar-refractivity contribution in [2.45, 2.75) is 12.9 Å². The summed E-state index contributed by atoms with van der Waals surface area (Å²) in [4.78, 5) is 34.5. The third-order valence-electron chi connectivity index (χ3n) is 6.49. The highest BCUT2D eigenvalue weighted by Gasteiger charge is 2.27. The minimum atomic E-state index is -2.93. The molecule has 42 heavy (non-hydrogen) atoms. The van der Waals surface area contributed by atoms with Crippen molar-refractivity contribution in [3.63, 3.8) is 0 Å². The van der Waals surface area contributed by atoms with Gasteiger partial charge in [-0.2, -0.15) is 5.10 Å². The Morgan fingerprint density at radius 3 is 2.17 bits per heavy atom. The maximum Gasteiger partial charge on any atom is 0.280 e. The molecule has 13 heteroatoms. The molecule has 210 valence electrons. The van der Waals surface area contributed by atoms with E-state index in [4.69, 9.17) is 5.73 Å². The first-order valence-electron chi connectivity index (χ1n) is 12.4. The van der Waals surface area contributed by atoms with Crippen molar-refractivity contribution in [2.75, 3.05) is 5.32 Å². The molecule has 8 nitrogen and oxygen atoms in total. The standard InChI is InChI=1S/C29H18F4N6O2S/c30-24(31)19-11-16(14-7-3-1-4-8-14)21-22(23(26(34)40)42-29(21)37-19)38-28(41)17-13-35-39-20(25(32)33)12-18(36-27(17)39)15-9-5-2-6-10-15/h1-13,24-25H,(H2,34,40)(H,38,41). The first kappa shape index (κ1) is 27.0. The summed E-state index contributed by atoms with van der Waals surface area (Å²) in [5.41, 5.74) is 5.82. The van der Waals surface area contributed by atoms with E-state index in [2.05, 4.69) is 20.4 Å². The summed E-state index contributed by atoms with van der Waals surface area (Å²) in [6, 6.07) is 19.5. The summed E-state index contributed by atoms with van der Waals surface area (Å²) in [7, 11) is 0. The molecule has 6 aromatic rings. The molecule has 0 radical (unpaired) electrons. The van der Waals surface area contributed by atoms with Gasteiger partial charge in [-0.15, -0.1) is 11.3 Å². The molecule has 0 saturated carbocycles. The first-order chi connectivity index (χ1) is 20.2. The van der Waals surface area contributed by atoms with Gasteiger partial charge in [0.15, 0.2) is 5.65 Å². The molecule has 0 saturated heterocycles. The SMILES string of the molecule is NC(=O)c1sc2nc(C(F)F)cc(-c3ccccc3)c2c1NC(=O)c1cnn2c(C(F)F)cc(-c3ccccc3)nc12. The second kappa shape index (κ2) is 10.7. The molecular weight excluding hydrogens is 572 g/mol. The van der Waals surface area contributed by atoms with Gasteiger partial charge in [0.2, 0.25) is 0 Å². The van der Waals surface area contributed by atoms with Gasteiger partial charge in [-0.25, -0.2) is 32.0 Å². The van der Waals surface area contributed by atoms with Gasteiger partial charge in [0.1, 0.15) is 26.7 Å². The number of alkyl halides is 4. The fraction of sp³-hybridized carbons (Fsp3) is 0.0690. The summed E-state index contributed by atoms with van der Waals surface area (Å²) in [5.74, 6) is -1.75. The highest BCUT2D eigenvalue weighted by atomic mass is 32.1. The van der Waals surface area contributed by atoms with Crippen LogP contribution in [0, 0.1) is 0 Å². The lowest BCUT2D eigenvalue weighted by Gasteiger charge is -2.11. The maximum atomic E-state index is 14.0.